The predicted octanol–water partition coefficient (Wildman–Crippen LogP) is 3.84. The van der Waals surface area contributed by atoms with Crippen molar-refractivity contribution in [3.63, 3.8) is 0 Å². The fourth-order valence-electron chi connectivity index (χ4n) is 3.89. The Bertz CT molecular complexity index is 1360. The standard InChI is InChI=1S/C25H24N6O2/c1-14(2)31-23-21(13-28-31)19(10-22(30-23)18-7-5-17(11-26)6-8-18)24(32)27-12-20-15(3)9-16(4)29-25(20)33/h5-10,13-14,20H,12H2,1-4H3,(H,27,32). The van der Waals surface area contributed by atoms with E-state index in [9.17, 15) is 9.59 Å². The van der Waals surface area contributed by atoms with E-state index in [0.29, 0.717) is 33.6 Å². The molecule has 0 aliphatic carbocycles. The van der Waals surface area contributed by atoms with Gasteiger partial charge in [-0.1, -0.05) is 17.7 Å². The van der Waals surface area contributed by atoms with Crippen LogP contribution >= 0.6 is 0 Å². The van der Waals surface area contributed by atoms with Gasteiger partial charge in [0.25, 0.3) is 11.8 Å². The van der Waals surface area contributed by atoms with E-state index in [1.165, 1.54) is 0 Å². The zero-order chi connectivity index (χ0) is 23.7. The van der Waals surface area contributed by atoms with E-state index in [2.05, 4.69) is 21.5 Å². The molecule has 1 aliphatic rings. The summed E-state index contributed by atoms with van der Waals surface area (Å²) in [6, 6.07) is 10.9. The van der Waals surface area contributed by atoms with Gasteiger partial charge in [0.05, 0.1) is 40.4 Å². The highest BCUT2D eigenvalue weighted by molar-refractivity contribution is 6.08. The van der Waals surface area contributed by atoms with Gasteiger partial charge in [-0.3, -0.25) is 9.59 Å². The molecule has 1 N–H and O–H groups in total. The number of carbonyl (C=O) groups excluding carboxylic acids is 2. The third kappa shape index (κ3) is 4.30. The lowest BCUT2D eigenvalue weighted by molar-refractivity contribution is -0.120. The third-order valence-corrected chi connectivity index (χ3v) is 5.65. The maximum atomic E-state index is 13.3. The number of amides is 2. The fourth-order valence-corrected chi connectivity index (χ4v) is 3.89. The van der Waals surface area contributed by atoms with Crippen LogP contribution in [0.3, 0.4) is 0 Å². The first-order valence-corrected chi connectivity index (χ1v) is 10.7. The Kier molecular flexibility index (Phi) is 5.88. The summed E-state index contributed by atoms with van der Waals surface area (Å²) in [4.78, 5) is 34.4. The molecule has 0 saturated heterocycles. The number of hydrogen-bond donors (Lipinski definition) is 1. The Balaban J connectivity index is 1.71. The van der Waals surface area contributed by atoms with E-state index < -0.39 is 5.92 Å². The van der Waals surface area contributed by atoms with Crippen molar-refractivity contribution in [2.45, 2.75) is 33.7 Å². The second kappa shape index (κ2) is 8.79. The highest BCUT2D eigenvalue weighted by atomic mass is 16.2. The van der Waals surface area contributed by atoms with Crippen molar-refractivity contribution in [2.24, 2.45) is 10.9 Å². The van der Waals surface area contributed by atoms with E-state index in [1.807, 2.05) is 26.8 Å². The quantitative estimate of drug-likeness (QED) is 0.647. The lowest BCUT2D eigenvalue weighted by atomic mass is 9.95. The summed E-state index contributed by atoms with van der Waals surface area (Å²) < 4.78 is 1.77. The van der Waals surface area contributed by atoms with Crippen LogP contribution in [0.15, 0.2) is 53.2 Å². The van der Waals surface area contributed by atoms with Gasteiger partial charge < -0.3 is 5.32 Å². The van der Waals surface area contributed by atoms with Gasteiger partial charge in [-0.05, 0) is 52.0 Å². The van der Waals surface area contributed by atoms with Gasteiger partial charge in [0.1, 0.15) is 0 Å². The maximum absolute atomic E-state index is 13.3. The van der Waals surface area contributed by atoms with Gasteiger partial charge in [0.15, 0.2) is 5.65 Å². The van der Waals surface area contributed by atoms with Crippen LogP contribution in [0.2, 0.25) is 0 Å². The first-order chi connectivity index (χ1) is 15.8. The molecule has 0 fully saturated rings. The highest BCUT2D eigenvalue weighted by Crippen LogP contribution is 2.27. The SMILES string of the molecule is CC1=CC(C)=NC(=O)C1CNC(=O)c1cc(-c2ccc(C#N)cc2)nc2c1cnn2C(C)C. The van der Waals surface area contributed by atoms with E-state index in [-0.39, 0.29) is 24.4 Å². The minimum Gasteiger partial charge on any atom is -0.351 e. The van der Waals surface area contributed by atoms with Crippen molar-refractivity contribution >= 4 is 28.6 Å². The zero-order valence-corrected chi connectivity index (χ0v) is 19.0. The van der Waals surface area contributed by atoms with Crippen LogP contribution in [0.25, 0.3) is 22.3 Å². The molecule has 2 amide bonds. The first kappa shape index (κ1) is 22.1. The third-order valence-electron chi connectivity index (χ3n) is 5.65. The van der Waals surface area contributed by atoms with Crippen molar-refractivity contribution in [1.29, 1.82) is 5.26 Å². The average molecular weight is 441 g/mol. The number of dihydropyridines is 1. The average Bonchev–Trinajstić information content (AvgIpc) is 3.22. The molecule has 4 rings (SSSR count). The molecule has 0 radical (unpaired) electrons. The van der Waals surface area contributed by atoms with E-state index in [0.717, 1.165) is 11.1 Å². The van der Waals surface area contributed by atoms with Gasteiger partial charge in [-0.2, -0.15) is 10.4 Å². The second-order valence-corrected chi connectivity index (χ2v) is 8.41. The van der Waals surface area contributed by atoms with E-state index in [1.54, 1.807) is 48.1 Å². The summed E-state index contributed by atoms with van der Waals surface area (Å²) in [6.07, 6.45) is 3.50. The summed E-state index contributed by atoms with van der Waals surface area (Å²) in [5, 5.41) is 17.0. The molecule has 8 heteroatoms. The van der Waals surface area contributed by atoms with Gasteiger partial charge in [0.2, 0.25) is 0 Å². The molecule has 3 heterocycles. The molecule has 0 saturated carbocycles. The van der Waals surface area contributed by atoms with E-state index >= 15 is 0 Å². The minimum absolute atomic E-state index is 0.0517. The Labute approximate surface area is 191 Å². The lowest BCUT2D eigenvalue weighted by Gasteiger charge is -2.19. The minimum atomic E-state index is -0.480. The molecule has 1 aliphatic heterocycles. The molecule has 0 spiro atoms. The number of nitriles is 1. The number of hydrogen-bond acceptors (Lipinski definition) is 5. The lowest BCUT2D eigenvalue weighted by Crippen LogP contribution is -2.34. The number of nitrogens with one attached hydrogen (secondary N) is 1. The Morgan fingerprint density at radius 3 is 2.61 bits per heavy atom. The normalized spacial score (nSPS) is 15.9. The van der Waals surface area contributed by atoms with Crippen molar-refractivity contribution < 1.29 is 9.59 Å². The molecule has 8 nitrogen and oxygen atoms in total. The number of benzene rings is 1. The van der Waals surface area contributed by atoms with Crippen LogP contribution in [0.4, 0.5) is 0 Å². The fraction of sp³-hybridized carbons (Fsp3) is 0.280. The molecule has 1 aromatic carbocycles. The summed E-state index contributed by atoms with van der Waals surface area (Å²) >= 11 is 0. The number of allylic oxidation sites excluding steroid dienone is 1. The van der Waals surface area contributed by atoms with Crippen LogP contribution < -0.4 is 5.32 Å². The number of aromatic nitrogens is 3. The van der Waals surface area contributed by atoms with Crippen LogP contribution in [0.1, 0.15) is 49.7 Å². The summed E-state index contributed by atoms with van der Waals surface area (Å²) in [7, 11) is 0. The van der Waals surface area contributed by atoms with Crippen LogP contribution in [-0.2, 0) is 4.79 Å². The first-order valence-electron chi connectivity index (χ1n) is 10.7. The largest absolute Gasteiger partial charge is 0.351 e. The summed E-state index contributed by atoms with van der Waals surface area (Å²) in [5.41, 5.74) is 4.50. The summed E-state index contributed by atoms with van der Waals surface area (Å²) in [5.74, 6) is -1.04. The highest BCUT2D eigenvalue weighted by Gasteiger charge is 2.25. The van der Waals surface area contributed by atoms with Crippen molar-refractivity contribution in [3.8, 4) is 17.3 Å². The Morgan fingerprint density at radius 2 is 1.97 bits per heavy atom. The molecular weight excluding hydrogens is 416 g/mol. The predicted molar refractivity (Wildman–Crippen MR) is 126 cm³/mol. The molecule has 0 bridgehead atoms. The summed E-state index contributed by atoms with van der Waals surface area (Å²) in [6.45, 7) is 7.79. The number of carbonyl (C=O) groups is 2. The number of aliphatic imine (C=N–C) groups is 1. The number of pyridine rings is 1. The van der Waals surface area contributed by atoms with Gasteiger partial charge in [-0.15, -0.1) is 0 Å². The Morgan fingerprint density at radius 1 is 1.24 bits per heavy atom. The molecule has 2 aromatic heterocycles. The van der Waals surface area contributed by atoms with Crippen molar-refractivity contribution in [1.82, 2.24) is 20.1 Å². The molecule has 166 valence electrons. The number of fused-ring (bicyclic) bond motifs is 1. The smallest absolute Gasteiger partial charge is 0.254 e. The van der Waals surface area contributed by atoms with Crippen molar-refractivity contribution in [2.75, 3.05) is 6.54 Å². The molecule has 1 atom stereocenters. The molecular formula is C25H24N6O2. The van der Waals surface area contributed by atoms with Gasteiger partial charge >= 0.3 is 0 Å². The van der Waals surface area contributed by atoms with Gasteiger partial charge in [-0.25, -0.2) is 14.7 Å². The topological polar surface area (TPSA) is 113 Å². The molecule has 33 heavy (non-hydrogen) atoms. The zero-order valence-electron chi connectivity index (χ0n) is 19.0. The van der Waals surface area contributed by atoms with Crippen molar-refractivity contribution in [3.05, 3.63) is 59.3 Å². The maximum Gasteiger partial charge on any atom is 0.254 e. The molecule has 3 aromatic rings. The number of nitrogens with zero attached hydrogens (tertiary/aromatic N) is 5. The van der Waals surface area contributed by atoms with E-state index in [4.69, 9.17) is 10.2 Å². The monoisotopic (exact) mass is 440 g/mol. The van der Waals surface area contributed by atoms with Gasteiger partial charge in [0, 0.05) is 23.9 Å². The molecule has 1 unspecified atom stereocenters. The van der Waals surface area contributed by atoms with Crippen LogP contribution in [0.5, 0.6) is 0 Å². The Hall–Kier alpha value is -4.12. The second-order valence-electron chi connectivity index (χ2n) is 8.41. The number of rotatable bonds is 5. The van der Waals surface area contributed by atoms with Crippen LogP contribution in [0, 0.1) is 17.2 Å². The van der Waals surface area contributed by atoms with Crippen LogP contribution in [-0.4, -0.2) is 38.8 Å².